The Balaban J connectivity index is 2.08. The molecule has 104 valence electrons. The second kappa shape index (κ2) is 6.25. The van der Waals surface area contributed by atoms with E-state index in [0.717, 1.165) is 31.7 Å². The molecule has 1 aromatic rings. The van der Waals surface area contributed by atoms with Crippen molar-refractivity contribution < 1.29 is 9.84 Å². The van der Waals surface area contributed by atoms with Gasteiger partial charge in [0.15, 0.2) is 11.5 Å². The minimum absolute atomic E-state index is 0.110. The number of hydrogen-bond acceptors (Lipinski definition) is 5. The summed E-state index contributed by atoms with van der Waals surface area (Å²) in [6.45, 7) is 3.92. The predicted molar refractivity (Wildman–Crippen MR) is 79.0 cm³/mol. The average Bonchev–Trinajstić information content (AvgIpc) is 2.41. The second-order valence-electron chi connectivity index (χ2n) is 4.56. The van der Waals surface area contributed by atoms with Gasteiger partial charge in [0.1, 0.15) is 0 Å². The number of hydrogen-bond donors (Lipinski definition) is 1. The van der Waals surface area contributed by atoms with Crippen LogP contribution in [-0.2, 0) is 0 Å². The minimum Gasteiger partial charge on any atom is -0.503 e. The van der Waals surface area contributed by atoms with Crippen LogP contribution in [0.1, 0.15) is 5.56 Å². The van der Waals surface area contributed by atoms with Crippen LogP contribution in [0.4, 0.5) is 0 Å². The van der Waals surface area contributed by atoms with Gasteiger partial charge in [-0.3, -0.25) is 5.01 Å². The van der Waals surface area contributed by atoms with Gasteiger partial charge < -0.3 is 14.7 Å². The lowest BCUT2D eigenvalue weighted by Gasteiger charge is -2.30. The number of aromatic hydroxyl groups is 1. The average molecular weight is 328 g/mol. The summed E-state index contributed by atoms with van der Waals surface area (Å²) in [6.07, 6.45) is 1.79. The van der Waals surface area contributed by atoms with Crippen LogP contribution in [0.2, 0.25) is 0 Å². The van der Waals surface area contributed by atoms with E-state index in [0.29, 0.717) is 10.2 Å². The van der Waals surface area contributed by atoms with Crippen LogP contribution >= 0.6 is 15.9 Å². The molecule has 1 aliphatic rings. The predicted octanol–water partition coefficient (Wildman–Crippen LogP) is 1.74. The van der Waals surface area contributed by atoms with Crippen LogP contribution in [0.15, 0.2) is 21.7 Å². The zero-order valence-corrected chi connectivity index (χ0v) is 12.7. The standard InChI is InChI=1S/C13H18BrN3O2/c1-16-3-5-17(6-4-16)15-9-10-7-11(14)13(18)12(8-10)19-2/h7-9,18H,3-6H2,1-2H3/b15-9+. The molecule has 0 unspecified atom stereocenters. The first kappa shape index (κ1) is 14.1. The summed E-state index contributed by atoms with van der Waals surface area (Å²) in [6, 6.07) is 3.58. The summed E-state index contributed by atoms with van der Waals surface area (Å²) >= 11 is 3.30. The normalized spacial score (nSPS) is 17.1. The third-order valence-electron chi connectivity index (χ3n) is 3.12. The molecule has 1 saturated heterocycles. The first-order valence-electron chi connectivity index (χ1n) is 6.14. The second-order valence-corrected chi connectivity index (χ2v) is 5.41. The van der Waals surface area contributed by atoms with Gasteiger partial charge in [-0.1, -0.05) is 0 Å². The third-order valence-corrected chi connectivity index (χ3v) is 3.72. The summed E-state index contributed by atoms with van der Waals surface area (Å²) in [5.41, 5.74) is 0.889. The van der Waals surface area contributed by atoms with Crippen molar-refractivity contribution in [3.05, 3.63) is 22.2 Å². The molecule has 1 N–H and O–H groups in total. The third kappa shape index (κ3) is 3.61. The maximum Gasteiger partial charge on any atom is 0.172 e. The van der Waals surface area contributed by atoms with Crippen LogP contribution in [0.25, 0.3) is 0 Å². The van der Waals surface area contributed by atoms with Crippen molar-refractivity contribution in [3.8, 4) is 11.5 Å². The highest BCUT2D eigenvalue weighted by molar-refractivity contribution is 9.10. The number of halogens is 1. The molecule has 0 aliphatic carbocycles. The van der Waals surface area contributed by atoms with Crippen molar-refractivity contribution in [1.82, 2.24) is 9.91 Å². The Bertz CT molecular complexity index is 471. The number of rotatable bonds is 3. The van der Waals surface area contributed by atoms with Crippen molar-refractivity contribution in [2.45, 2.75) is 0 Å². The number of nitrogens with zero attached hydrogens (tertiary/aromatic N) is 3. The molecule has 19 heavy (non-hydrogen) atoms. The van der Waals surface area contributed by atoms with Crippen LogP contribution in [0.5, 0.6) is 11.5 Å². The molecule has 5 nitrogen and oxygen atoms in total. The minimum atomic E-state index is 0.110. The van der Waals surface area contributed by atoms with E-state index in [1.54, 1.807) is 12.3 Å². The molecule has 0 saturated carbocycles. The molecule has 2 rings (SSSR count). The lowest BCUT2D eigenvalue weighted by molar-refractivity contribution is 0.159. The van der Waals surface area contributed by atoms with Crippen LogP contribution < -0.4 is 4.74 Å². The van der Waals surface area contributed by atoms with E-state index in [1.165, 1.54) is 7.11 Å². The largest absolute Gasteiger partial charge is 0.503 e. The molecule has 0 spiro atoms. The van der Waals surface area contributed by atoms with Crippen molar-refractivity contribution >= 4 is 22.1 Å². The number of ether oxygens (including phenoxy) is 1. The summed E-state index contributed by atoms with van der Waals surface area (Å²) in [5.74, 6) is 0.549. The highest BCUT2D eigenvalue weighted by Crippen LogP contribution is 2.34. The van der Waals surface area contributed by atoms with Crippen molar-refractivity contribution in [2.24, 2.45) is 5.10 Å². The molecule has 0 atom stereocenters. The van der Waals surface area contributed by atoms with Gasteiger partial charge in [0, 0.05) is 26.2 Å². The molecule has 0 radical (unpaired) electrons. The molecule has 6 heteroatoms. The van der Waals surface area contributed by atoms with Gasteiger partial charge >= 0.3 is 0 Å². The zero-order valence-electron chi connectivity index (χ0n) is 11.1. The number of piperazine rings is 1. The summed E-state index contributed by atoms with van der Waals surface area (Å²) in [4.78, 5) is 2.28. The highest BCUT2D eigenvalue weighted by atomic mass is 79.9. The van der Waals surface area contributed by atoms with Crippen molar-refractivity contribution in [1.29, 1.82) is 0 Å². The number of hydrazone groups is 1. The maximum atomic E-state index is 9.74. The lowest BCUT2D eigenvalue weighted by atomic mass is 10.2. The SMILES string of the molecule is COc1cc(/C=N/N2CCN(C)CC2)cc(Br)c1O. The van der Waals surface area contributed by atoms with E-state index in [4.69, 9.17) is 4.74 Å². The zero-order chi connectivity index (χ0) is 13.8. The van der Waals surface area contributed by atoms with Gasteiger partial charge in [-0.2, -0.15) is 5.10 Å². The molecule has 0 bridgehead atoms. The Kier molecular flexibility index (Phi) is 4.66. The number of phenols is 1. The molecule has 1 aromatic carbocycles. The quantitative estimate of drug-likeness (QED) is 0.859. The molecule has 0 aromatic heterocycles. The molecular weight excluding hydrogens is 310 g/mol. The first-order chi connectivity index (χ1) is 9.10. The topological polar surface area (TPSA) is 48.3 Å². The van der Waals surface area contributed by atoms with Crippen LogP contribution in [0, 0.1) is 0 Å². The fourth-order valence-electron chi connectivity index (χ4n) is 1.88. The van der Waals surface area contributed by atoms with Crippen LogP contribution in [-0.4, -0.2) is 61.6 Å². The van der Waals surface area contributed by atoms with Gasteiger partial charge in [0.25, 0.3) is 0 Å². The monoisotopic (exact) mass is 327 g/mol. The van der Waals surface area contributed by atoms with Crippen LogP contribution in [0.3, 0.4) is 0 Å². The molecule has 0 amide bonds. The summed E-state index contributed by atoms with van der Waals surface area (Å²) in [5, 5.41) is 16.2. The number of phenolic OH excluding ortho intramolecular Hbond substituents is 1. The summed E-state index contributed by atoms with van der Waals surface area (Å²) < 4.78 is 5.71. The Morgan fingerprint density at radius 3 is 2.63 bits per heavy atom. The van der Waals surface area contributed by atoms with Gasteiger partial charge in [-0.15, -0.1) is 0 Å². The Labute approximate surface area is 121 Å². The fraction of sp³-hybridized carbons (Fsp3) is 0.462. The Morgan fingerprint density at radius 2 is 2.00 bits per heavy atom. The first-order valence-corrected chi connectivity index (χ1v) is 6.93. The van der Waals surface area contributed by atoms with E-state index in [-0.39, 0.29) is 5.75 Å². The van der Waals surface area contributed by atoms with Crippen molar-refractivity contribution in [3.63, 3.8) is 0 Å². The van der Waals surface area contributed by atoms with Gasteiger partial charge in [-0.25, -0.2) is 0 Å². The van der Waals surface area contributed by atoms with Gasteiger partial charge in [-0.05, 0) is 40.7 Å². The highest BCUT2D eigenvalue weighted by Gasteiger charge is 2.11. The van der Waals surface area contributed by atoms with E-state index in [9.17, 15) is 5.11 Å². The lowest BCUT2D eigenvalue weighted by Crippen LogP contribution is -2.41. The molecule has 1 heterocycles. The number of benzene rings is 1. The van der Waals surface area contributed by atoms with E-state index >= 15 is 0 Å². The molecule has 1 aliphatic heterocycles. The smallest absolute Gasteiger partial charge is 0.172 e. The van der Waals surface area contributed by atoms with Crippen molar-refractivity contribution in [2.75, 3.05) is 40.3 Å². The Hall–Kier alpha value is -1.27. The molecular formula is C13H18BrN3O2. The number of methoxy groups -OCH3 is 1. The maximum absolute atomic E-state index is 9.74. The van der Waals surface area contributed by atoms with Gasteiger partial charge in [0.2, 0.25) is 0 Å². The fourth-order valence-corrected chi connectivity index (χ4v) is 2.34. The van der Waals surface area contributed by atoms with Gasteiger partial charge in [0.05, 0.1) is 17.8 Å². The van der Waals surface area contributed by atoms with E-state index in [2.05, 4.69) is 33.0 Å². The number of likely N-dealkylation sites (N-methyl/N-ethyl adjacent to an activating group) is 1. The van der Waals surface area contributed by atoms with E-state index in [1.807, 2.05) is 11.1 Å². The van der Waals surface area contributed by atoms with E-state index < -0.39 is 0 Å². The summed E-state index contributed by atoms with van der Waals surface area (Å²) in [7, 11) is 3.64. The Morgan fingerprint density at radius 1 is 1.32 bits per heavy atom. The molecule has 1 fully saturated rings.